The van der Waals surface area contributed by atoms with Crippen molar-refractivity contribution in [1.82, 2.24) is 20.0 Å². The first-order valence-electron chi connectivity index (χ1n) is 7.16. The maximum absolute atomic E-state index is 4.57. The zero-order chi connectivity index (χ0) is 14.4. The molecule has 0 saturated heterocycles. The van der Waals surface area contributed by atoms with Gasteiger partial charge >= 0.3 is 0 Å². The zero-order valence-electron chi connectivity index (χ0n) is 12.4. The number of nitrogens with one attached hydrogen (secondary N) is 2. The van der Waals surface area contributed by atoms with Crippen molar-refractivity contribution in [1.29, 1.82) is 0 Å². The first-order chi connectivity index (χ1) is 9.69. The van der Waals surface area contributed by atoms with E-state index in [-0.39, 0.29) is 0 Å². The van der Waals surface area contributed by atoms with Crippen LogP contribution in [-0.2, 0) is 6.42 Å². The van der Waals surface area contributed by atoms with Crippen LogP contribution in [0.1, 0.15) is 26.5 Å². The maximum Gasteiger partial charge on any atom is 0.191 e. The molecule has 2 N–H and O–H groups in total. The van der Waals surface area contributed by atoms with E-state index < -0.39 is 0 Å². The Morgan fingerprint density at radius 3 is 2.95 bits per heavy atom. The molecule has 20 heavy (non-hydrogen) atoms. The molecule has 0 spiro atoms. The Morgan fingerprint density at radius 1 is 1.40 bits per heavy atom. The van der Waals surface area contributed by atoms with Crippen LogP contribution in [0.3, 0.4) is 0 Å². The summed E-state index contributed by atoms with van der Waals surface area (Å²) in [5.74, 6) is 0.867. The van der Waals surface area contributed by atoms with Gasteiger partial charge in [-0.2, -0.15) is 0 Å². The minimum Gasteiger partial charge on any atom is -0.357 e. The molecular weight excluding hydrogens is 250 g/mol. The summed E-state index contributed by atoms with van der Waals surface area (Å²) in [5.41, 5.74) is 2.05. The SMILES string of the molecule is CCNC(=NCCc1cn2ccccc2n1)NC(C)C. The fourth-order valence-electron chi connectivity index (χ4n) is 1.98. The van der Waals surface area contributed by atoms with E-state index in [9.17, 15) is 0 Å². The summed E-state index contributed by atoms with van der Waals surface area (Å²) in [6, 6.07) is 6.40. The quantitative estimate of drug-likeness (QED) is 0.645. The van der Waals surface area contributed by atoms with Crippen molar-refractivity contribution in [2.45, 2.75) is 33.2 Å². The minimum atomic E-state index is 0.378. The fourth-order valence-corrected chi connectivity index (χ4v) is 1.98. The third kappa shape index (κ3) is 3.98. The minimum absolute atomic E-state index is 0.378. The summed E-state index contributed by atoms with van der Waals surface area (Å²) in [4.78, 5) is 9.13. The van der Waals surface area contributed by atoms with Crippen molar-refractivity contribution in [2.75, 3.05) is 13.1 Å². The number of hydrogen-bond acceptors (Lipinski definition) is 2. The molecule has 5 heteroatoms. The first kappa shape index (κ1) is 14.4. The molecule has 0 radical (unpaired) electrons. The van der Waals surface area contributed by atoms with Gasteiger partial charge in [0.1, 0.15) is 5.65 Å². The highest BCUT2D eigenvalue weighted by Gasteiger charge is 2.02. The Bertz CT molecular complexity index is 537. The summed E-state index contributed by atoms with van der Waals surface area (Å²) >= 11 is 0. The Labute approximate surface area is 120 Å². The van der Waals surface area contributed by atoms with E-state index >= 15 is 0 Å². The normalized spacial score (nSPS) is 12.1. The first-order valence-corrected chi connectivity index (χ1v) is 7.16. The van der Waals surface area contributed by atoms with E-state index in [0.29, 0.717) is 6.04 Å². The van der Waals surface area contributed by atoms with E-state index in [1.807, 2.05) is 28.8 Å². The lowest BCUT2D eigenvalue weighted by molar-refractivity contribution is 0.700. The van der Waals surface area contributed by atoms with Crippen molar-refractivity contribution >= 4 is 11.6 Å². The molecule has 2 rings (SSSR count). The Hall–Kier alpha value is -2.04. The average molecular weight is 273 g/mol. The molecule has 0 aliphatic heterocycles. The third-order valence-electron chi connectivity index (χ3n) is 2.82. The summed E-state index contributed by atoms with van der Waals surface area (Å²) in [6.45, 7) is 7.88. The second-order valence-corrected chi connectivity index (χ2v) is 5.01. The highest BCUT2D eigenvalue weighted by molar-refractivity contribution is 5.79. The molecule has 108 valence electrons. The fraction of sp³-hybridized carbons (Fsp3) is 0.467. The van der Waals surface area contributed by atoms with Gasteiger partial charge in [-0.1, -0.05) is 6.07 Å². The molecule has 0 fully saturated rings. The topological polar surface area (TPSA) is 53.7 Å². The molecule has 0 aromatic carbocycles. The van der Waals surface area contributed by atoms with Crippen molar-refractivity contribution < 1.29 is 0 Å². The molecule has 5 nitrogen and oxygen atoms in total. The summed E-state index contributed by atoms with van der Waals surface area (Å²) in [7, 11) is 0. The predicted octanol–water partition coefficient (Wildman–Crippen LogP) is 1.84. The van der Waals surface area contributed by atoms with Crippen LogP contribution in [0.5, 0.6) is 0 Å². The monoisotopic (exact) mass is 273 g/mol. The number of imidazole rings is 1. The number of guanidine groups is 1. The molecule has 0 aliphatic rings. The van der Waals surface area contributed by atoms with Gasteiger partial charge in [-0.25, -0.2) is 4.98 Å². The molecule has 0 bridgehead atoms. The number of pyridine rings is 1. The van der Waals surface area contributed by atoms with Gasteiger partial charge in [-0.05, 0) is 32.9 Å². The van der Waals surface area contributed by atoms with Crippen molar-refractivity contribution in [2.24, 2.45) is 4.99 Å². The summed E-state index contributed by atoms with van der Waals surface area (Å²) < 4.78 is 2.04. The van der Waals surface area contributed by atoms with Crippen molar-refractivity contribution in [3.63, 3.8) is 0 Å². The summed E-state index contributed by atoms with van der Waals surface area (Å²) in [5, 5.41) is 6.55. The maximum atomic E-state index is 4.57. The third-order valence-corrected chi connectivity index (χ3v) is 2.82. The molecule has 2 aromatic rings. The Morgan fingerprint density at radius 2 is 2.25 bits per heavy atom. The van der Waals surface area contributed by atoms with Crippen LogP contribution in [0.25, 0.3) is 5.65 Å². The molecule has 0 aliphatic carbocycles. The van der Waals surface area contributed by atoms with Gasteiger partial charge in [-0.3, -0.25) is 4.99 Å². The predicted molar refractivity (Wildman–Crippen MR) is 83.1 cm³/mol. The van der Waals surface area contributed by atoms with Crippen LogP contribution in [0, 0.1) is 0 Å². The van der Waals surface area contributed by atoms with Crippen LogP contribution >= 0.6 is 0 Å². The van der Waals surface area contributed by atoms with E-state index in [4.69, 9.17) is 0 Å². The lowest BCUT2D eigenvalue weighted by Gasteiger charge is -2.13. The van der Waals surface area contributed by atoms with Crippen LogP contribution in [0.4, 0.5) is 0 Å². The summed E-state index contributed by atoms with van der Waals surface area (Å²) in [6.07, 6.45) is 4.92. The van der Waals surface area contributed by atoms with Gasteiger partial charge < -0.3 is 15.0 Å². The van der Waals surface area contributed by atoms with Gasteiger partial charge in [0.05, 0.1) is 5.69 Å². The standard InChI is InChI=1S/C15H23N5/c1-4-16-15(18-12(2)3)17-9-8-13-11-20-10-6-5-7-14(20)19-13/h5-7,10-12H,4,8-9H2,1-3H3,(H2,16,17,18). The second kappa shape index (κ2) is 6.93. The Balaban J connectivity index is 1.96. The number of rotatable bonds is 5. The van der Waals surface area contributed by atoms with Crippen LogP contribution in [-0.4, -0.2) is 34.5 Å². The van der Waals surface area contributed by atoms with Crippen LogP contribution in [0.2, 0.25) is 0 Å². The second-order valence-electron chi connectivity index (χ2n) is 5.01. The van der Waals surface area contributed by atoms with Crippen LogP contribution < -0.4 is 10.6 Å². The number of fused-ring (bicyclic) bond motifs is 1. The number of hydrogen-bond donors (Lipinski definition) is 2. The highest BCUT2D eigenvalue weighted by atomic mass is 15.2. The van der Waals surface area contributed by atoms with E-state index in [0.717, 1.165) is 36.8 Å². The molecule has 0 saturated carbocycles. The molecule has 0 atom stereocenters. The zero-order valence-corrected chi connectivity index (χ0v) is 12.4. The van der Waals surface area contributed by atoms with E-state index in [1.54, 1.807) is 0 Å². The van der Waals surface area contributed by atoms with E-state index in [1.165, 1.54) is 0 Å². The molecule has 2 aromatic heterocycles. The average Bonchev–Trinajstić information content (AvgIpc) is 2.80. The lowest BCUT2D eigenvalue weighted by atomic mass is 10.3. The van der Waals surface area contributed by atoms with Crippen LogP contribution in [0.15, 0.2) is 35.6 Å². The molecular formula is C15H23N5. The smallest absolute Gasteiger partial charge is 0.191 e. The molecule has 0 unspecified atom stereocenters. The number of aliphatic imine (C=N–C) groups is 1. The molecule has 0 amide bonds. The van der Waals surface area contributed by atoms with Gasteiger partial charge in [0.15, 0.2) is 5.96 Å². The number of nitrogens with zero attached hydrogens (tertiary/aromatic N) is 3. The van der Waals surface area contributed by atoms with Crippen molar-refractivity contribution in [3.8, 4) is 0 Å². The van der Waals surface area contributed by atoms with Gasteiger partial charge in [-0.15, -0.1) is 0 Å². The van der Waals surface area contributed by atoms with Gasteiger partial charge in [0.25, 0.3) is 0 Å². The van der Waals surface area contributed by atoms with Gasteiger partial charge in [0, 0.05) is 37.9 Å². The van der Waals surface area contributed by atoms with Crippen molar-refractivity contribution in [3.05, 3.63) is 36.3 Å². The largest absolute Gasteiger partial charge is 0.357 e. The van der Waals surface area contributed by atoms with E-state index in [2.05, 4.69) is 47.6 Å². The lowest BCUT2D eigenvalue weighted by Crippen LogP contribution is -2.41. The Kier molecular flexibility index (Phi) is 4.98. The van der Waals surface area contributed by atoms with Gasteiger partial charge in [0.2, 0.25) is 0 Å². The number of aromatic nitrogens is 2. The molecule has 2 heterocycles. The highest BCUT2D eigenvalue weighted by Crippen LogP contribution is 2.05.